The van der Waals surface area contributed by atoms with Crippen molar-refractivity contribution in [3.63, 3.8) is 0 Å². The van der Waals surface area contributed by atoms with Gasteiger partial charge in [0, 0.05) is 12.0 Å². The van der Waals surface area contributed by atoms with Crippen LogP contribution in [0.3, 0.4) is 0 Å². The van der Waals surface area contributed by atoms with Crippen LogP contribution in [-0.4, -0.2) is 49.1 Å². The number of carbonyl (C=O) groups excluding carboxylic acids is 1. The lowest BCUT2D eigenvalue weighted by Gasteiger charge is -2.18. The van der Waals surface area contributed by atoms with Crippen LogP contribution in [-0.2, 0) is 29.9 Å². The molecular formula is C28H30N9O6P. The van der Waals surface area contributed by atoms with Gasteiger partial charge in [0.05, 0.1) is 25.6 Å². The lowest BCUT2D eigenvalue weighted by molar-refractivity contribution is -0.142. The van der Waals surface area contributed by atoms with E-state index in [0.29, 0.717) is 35.0 Å². The molecule has 1 fully saturated rings. The van der Waals surface area contributed by atoms with Crippen LogP contribution in [0.4, 0.5) is 11.8 Å². The number of hydrogen-bond donors (Lipinski definition) is 4. The van der Waals surface area contributed by atoms with Gasteiger partial charge >= 0.3 is 13.8 Å². The topological polar surface area (TPSA) is 223 Å². The Bertz CT molecular complexity index is 1710. The number of allylic oxidation sites excluding steroid dienone is 2. The minimum Gasteiger partial charge on any atom is -0.369 e. The number of nitriles is 2. The first-order chi connectivity index (χ1) is 21.1. The third kappa shape index (κ3) is 7.85. The van der Waals surface area contributed by atoms with Gasteiger partial charge in [0.1, 0.15) is 23.8 Å². The number of hydroxylamine groups is 1. The largest absolute Gasteiger partial charge is 0.529 e. The number of phosphoric ester groups is 1. The van der Waals surface area contributed by atoms with Crippen molar-refractivity contribution in [2.45, 2.75) is 50.9 Å². The first-order valence-corrected chi connectivity index (χ1v) is 15.3. The number of aromatic nitrogens is 4. The smallest absolute Gasteiger partial charge is 0.369 e. The van der Waals surface area contributed by atoms with Gasteiger partial charge in [-0.25, -0.2) is 14.3 Å². The predicted molar refractivity (Wildman–Crippen MR) is 158 cm³/mol. The van der Waals surface area contributed by atoms with Crippen molar-refractivity contribution in [1.29, 1.82) is 10.5 Å². The Balaban J connectivity index is 1.06. The number of hydrogen-bond acceptors (Lipinski definition) is 13. The molecule has 2 aliphatic rings. The minimum absolute atomic E-state index is 0.0167. The summed E-state index contributed by atoms with van der Waals surface area (Å²) in [6, 6.07) is 9.59. The van der Waals surface area contributed by atoms with E-state index in [-0.39, 0.29) is 36.7 Å². The maximum absolute atomic E-state index is 12.5. The summed E-state index contributed by atoms with van der Waals surface area (Å²) < 4.78 is 24.2. The fourth-order valence-corrected chi connectivity index (χ4v) is 5.27. The van der Waals surface area contributed by atoms with Crippen molar-refractivity contribution in [3.8, 4) is 12.1 Å². The second-order valence-electron chi connectivity index (χ2n) is 10.4. The number of imidazole rings is 1. The number of fused-ring (bicyclic) bond motifs is 1. The summed E-state index contributed by atoms with van der Waals surface area (Å²) >= 11 is 0. The van der Waals surface area contributed by atoms with Crippen LogP contribution in [0.5, 0.6) is 0 Å². The summed E-state index contributed by atoms with van der Waals surface area (Å²) in [5.74, 6) is -0.526. The van der Waals surface area contributed by atoms with Gasteiger partial charge in [-0.2, -0.15) is 26.0 Å². The second kappa shape index (κ2) is 13.3. The van der Waals surface area contributed by atoms with Gasteiger partial charge in [-0.15, -0.1) is 0 Å². The summed E-state index contributed by atoms with van der Waals surface area (Å²) in [6.45, 7) is 1.32. The Labute approximate surface area is 252 Å². The average Bonchev–Trinajstić information content (AvgIpc) is 3.51. The molecule has 0 radical (unpaired) electrons. The SMILES string of the molecule is C[C@H](NOCc1ccc(C=C(C#N)C#N)cc1)C(=O)OP(=O)(O)OC[C@@H]1C=C[C@H](n2cnc3c(NC4CC4)nc(N)nc32)C1. The van der Waals surface area contributed by atoms with Crippen LogP contribution in [0.2, 0.25) is 0 Å². The normalized spacial score (nSPS) is 19.5. The molecule has 228 valence electrons. The van der Waals surface area contributed by atoms with Crippen LogP contribution in [0.25, 0.3) is 17.2 Å². The highest BCUT2D eigenvalue weighted by Gasteiger charge is 2.32. The zero-order valence-corrected chi connectivity index (χ0v) is 24.6. The highest BCUT2D eigenvalue weighted by molar-refractivity contribution is 7.48. The van der Waals surface area contributed by atoms with Crippen molar-refractivity contribution < 1.29 is 28.1 Å². The number of nitrogens with one attached hydrogen (secondary N) is 2. The highest BCUT2D eigenvalue weighted by Crippen LogP contribution is 2.45. The third-order valence-corrected chi connectivity index (χ3v) is 7.79. The monoisotopic (exact) mass is 619 g/mol. The lowest BCUT2D eigenvalue weighted by atomic mass is 10.1. The summed E-state index contributed by atoms with van der Waals surface area (Å²) in [7, 11) is -4.70. The Hall–Kier alpha value is -4.63. The molecule has 1 aromatic carbocycles. The number of nitrogen functional groups attached to an aromatic ring is 1. The molecule has 2 heterocycles. The molecule has 3 aromatic rings. The molecule has 2 aliphatic carbocycles. The molecule has 5 rings (SSSR count). The molecule has 5 N–H and O–H groups in total. The molecule has 0 saturated heterocycles. The summed E-state index contributed by atoms with van der Waals surface area (Å²) in [5, 5.41) is 21.0. The van der Waals surface area contributed by atoms with E-state index in [2.05, 4.69) is 25.7 Å². The number of anilines is 2. The summed E-state index contributed by atoms with van der Waals surface area (Å²) in [4.78, 5) is 41.0. The van der Waals surface area contributed by atoms with E-state index in [9.17, 15) is 14.3 Å². The highest BCUT2D eigenvalue weighted by atomic mass is 31.2. The molecule has 16 heteroatoms. The fraction of sp³-hybridized carbons (Fsp3) is 0.357. The van der Waals surface area contributed by atoms with Crippen molar-refractivity contribution in [3.05, 3.63) is 59.4 Å². The van der Waals surface area contributed by atoms with E-state index in [0.717, 1.165) is 18.4 Å². The average molecular weight is 620 g/mol. The van der Waals surface area contributed by atoms with E-state index >= 15 is 0 Å². The maximum Gasteiger partial charge on any atom is 0.529 e. The van der Waals surface area contributed by atoms with E-state index in [1.807, 2.05) is 16.7 Å². The zero-order valence-electron chi connectivity index (χ0n) is 23.7. The van der Waals surface area contributed by atoms with Crippen molar-refractivity contribution >= 4 is 42.8 Å². The lowest BCUT2D eigenvalue weighted by Crippen LogP contribution is -2.35. The molecule has 15 nitrogen and oxygen atoms in total. The molecular weight excluding hydrogens is 589 g/mol. The number of rotatable bonds is 13. The third-order valence-electron chi connectivity index (χ3n) is 6.91. The maximum atomic E-state index is 12.5. The summed E-state index contributed by atoms with van der Waals surface area (Å²) in [6.07, 6.45) is 9.58. The number of carbonyl (C=O) groups is 1. The number of nitrogens with zero attached hydrogens (tertiary/aromatic N) is 6. The van der Waals surface area contributed by atoms with Crippen LogP contribution < -0.4 is 16.5 Å². The minimum atomic E-state index is -4.70. The van der Waals surface area contributed by atoms with Gasteiger partial charge in [-0.05, 0) is 43.4 Å². The molecule has 1 saturated carbocycles. The molecule has 0 spiro atoms. The van der Waals surface area contributed by atoms with Crippen LogP contribution in [0, 0.1) is 28.6 Å². The van der Waals surface area contributed by atoms with Gasteiger partial charge < -0.3 is 20.1 Å². The van der Waals surface area contributed by atoms with E-state index in [4.69, 9.17) is 30.1 Å². The quantitative estimate of drug-likeness (QED) is 0.0933. The van der Waals surface area contributed by atoms with Gasteiger partial charge in [0.25, 0.3) is 0 Å². The standard InChI is InChI=1S/C28H30N9O6P/c1-17(36-41-14-19-4-2-18(3-5-19)10-21(12-29)13-30)27(38)43-44(39,40)42-15-20-6-9-23(11-20)37-16-32-24-25(33-22-7-8-22)34-28(31)35-26(24)37/h2-6,9-10,16-17,20,22-23,36H,7-8,11,14-15H2,1H3,(H,39,40)(H3,31,33,34,35)/t17-,20+,23-/m0/s1. The van der Waals surface area contributed by atoms with Gasteiger partial charge in [-0.3, -0.25) is 14.3 Å². The second-order valence-corrected chi connectivity index (χ2v) is 11.8. The number of nitrogens with two attached hydrogens (primary N) is 1. The van der Waals surface area contributed by atoms with Crippen LogP contribution in [0.15, 0.2) is 48.3 Å². The van der Waals surface area contributed by atoms with E-state index in [1.54, 1.807) is 42.7 Å². The first kappa shape index (κ1) is 30.8. The van der Waals surface area contributed by atoms with Gasteiger partial charge in [-0.1, -0.05) is 36.4 Å². The van der Waals surface area contributed by atoms with Crippen molar-refractivity contribution in [1.82, 2.24) is 25.0 Å². The summed E-state index contributed by atoms with van der Waals surface area (Å²) in [5.41, 5.74) is 11.0. The zero-order chi connectivity index (χ0) is 31.3. The molecule has 0 amide bonds. The molecule has 44 heavy (non-hydrogen) atoms. The van der Waals surface area contributed by atoms with Crippen molar-refractivity contribution in [2.75, 3.05) is 17.7 Å². The van der Waals surface area contributed by atoms with Crippen molar-refractivity contribution in [2.24, 2.45) is 5.92 Å². The van der Waals surface area contributed by atoms with Crippen LogP contribution >= 0.6 is 7.82 Å². The van der Waals surface area contributed by atoms with E-state index < -0.39 is 19.8 Å². The Morgan fingerprint density at radius 1 is 1.25 bits per heavy atom. The molecule has 2 aromatic heterocycles. The predicted octanol–water partition coefficient (Wildman–Crippen LogP) is 3.30. The molecule has 1 unspecified atom stereocenters. The van der Waals surface area contributed by atoms with Gasteiger partial charge in [0.15, 0.2) is 17.0 Å². The van der Waals surface area contributed by atoms with Crippen LogP contribution in [0.1, 0.15) is 43.4 Å². The first-order valence-electron chi connectivity index (χ1n) is 13.8. The Kier molecular flexibility index (Phi) is 9.35. The Morgan fingerprint density at radius 2 is 2.00 bits per heavy atom. The fourth-order valence-electron chi connectivity index (χ4n) is 4.45. The van der Waals surface area contributed by atoms with Gasteiger partial charge in [0.2, 0.25) is 5.95 Å². The molecule has 4 atom stereocenters. The number of benzene rings is 1. The van der Waals surface area contributed by atoms with E-state index in [1.165, 1.54) is 13.0 Å². The molecule has 0 aliphatic heterocycles. The molecule has 0 bridgehead atoms. The number of phosphoric acid groups is 1. The Morgan fingerprint density at radius 3 is 2.70 bits per heavy atom.